The summed E-state index contributed by atoms with van der Waals surface area (Å²) in [5.74, 6) is 2.01. The van der Waals surface area contributed by atoms with E-state index in [0.717, 1.165) is 42.8 Å². The monoisotopic (exact) mass is 289 g/mol. The van der Waals surface area contributed by atoms with Gasteiger partial charge < -0.3 is 9.64 Å². The third kappa shape index (κ3) is 1.84. The third-order valence-electron chi connectivity index (χ3n) is 4.63. The molecule has 1 unspecified atom stereocenters. The molecule has 4 nitrogen and oxygen atoms in total. The molecule has 2 saturated heterocycles. The van der Waals surface area contributed by atoms with E-state index < -0.39 is 0 Å². The molecule has 4 rings (SSSR count). The van der Waals surface area contributed by atoms with Crippen LogP contribution in [0.15, 0.2) is 5.38 Å². The van der Waals surface area contributed by atoms with Crippen LogP contribution in [0.3, 0.4) is 0 Å². The second-order valence-electron chi connectivity index (χ2n) is 6.17. The van der Waals surface area contributed by atoms with E-state index in [1.807, 2.05) is 6.92 Å². The summed E-state index contributed by atoms with van der Waals surface area (Å²) in [5.41, 5.74) is 1.67. The molecule has 0 saturated carbocycles. The molecule has 2 fully saturated rings. The van der Waals surface area contributed by atoms with Crippen molar-refractivity contribution in [1.29, 1.82) is 0 Å². The van der Waals surface area contributed by atoms with E-state index in [9.17, 15) is 0 Å². The van der Waals surface area contributed by atoms with Crippen molar-refractivity contribution in [3.05, 3.63) is 16.8 Å². The number of rotatable bonds is 1. The van der Waals surface area contributed by atoms with Gasteiger partial charge in [0.1, 0.15) is 16.5 Å². The van der Waals surface area contributed by atoms with Crippen molar-refractivity contribution >= 4 is 27.4 Å². The Balaban J connectivity index is 1.77. The lowest BCUT2D eigenvalue weighted by Gasteiger charge is -2.23. The SMILES string of the molecule is Cc1nc(N2CCC3(CCOC3)C2)c2c(C)csc2n1. The van der Waals surface area contributed by atoms with Gasteiger partial charge in [-0.15, -0.1) is 11.3 Å². The number of ether oxygens (including phenoxy) is 1. The summed E-state index contributed by atoms with van der Waals surface area (Å²) in [7, 11) is 0. The van der Waals surface area contributed by atoms with Crippen LogP contribution < -0.4 is 4.90 Å². The van der Waals surface area contributed by atoms with E-state index in [0.29, 0.717) is 5.41 Å². The maximum absolute atomic E-state index is 5.63. The molecule has 0 radical (unpaired) electrons. The normalized spacial score (nSPS) is 26.2. The van der Waals surface area contributed by atoms with E-state index in [-0.39, 0.29) is 0 Å². The van der Waals surface area contributed by atoms with Gasteiger partial charge in [0, 0.05) is 25.1 Å². The van der Waals surface area contributed by atoms with Gasteiger partial charge in [0.25, 0.3) is 0 Å². The summed E-state index contributed by atoms with van der Waals surface area (Å²) >= 11 is 1.72. The molecule has 2 aliphatic rings. The Bertz CT molecular complexity index is 660. The Kier molecular flexibility index (Phi) is 2.76. The van der Waals surface area contributed by atoms with E-state index in [2.05, 4.69) is 22.2 Å². The lowest BCUT2D eigenvalue weighted by Crippen LogP contribution is -2.28. The highest BCUT2D eigenvalue weighted by Gasteiger charge is 2.42. The predicted octanol–water partition coefficient (Wildman–Crippen LogP) is 2.92. The molecule has 20 heavy (non-hydrogen) atoms. The summed E-state index contributed by atoms with van der Waals surface area (Å²) in [5, 5.41) is 3.43. The quantitative estimate of drug-likeness (QED) is 0.809. The number of aromatic nitrogens is 2. The first-order valence-corrected chi connectivity index (χ1v) is 8.10. The minimum absolute atomic E-state index is 0.370. The average molecular weight is 289 g/mol. The highest BCUT2D eigenvalue weighted by molar-refractivity contribution is 7.17. The minimum atomic E-state index is 0.370. The Morgan fingerprint density at radius 3 is 3.00 bits per heavy atom. The van der Waals surface area contributed by atoms with Gasteiger partial charge in [-0.2, -0.15) is 0 Å². The molecule has 0 aromatic carbocycles. The fourth-order valence-corrected chi connectivity index (χ4v) is 4.44. The van der Waals surface area contributed by atoms with Crippen LogP contribution in [0.5, 0.6) is 0 Å². The molecule has 1 atom stereocenters. The molecule has 106 valence electrons. The van der Waals surface area contributed by atoms with Gasteiger partial charge >= 0.3 is 0 Å². The van der Waals surface area contributed by atoms with Crippen LogP contribution >= 0.6 is 11.3 Å². The fraction of sp³-hybridized carbons (Fsp3) is 0.600. The molecule has 2 aromatic heterocycles. The average Bonchev–Trinajstić information content (AvgIpc) is 3.13. The Hall–Kier alpha value is -1.20. The number of nitrogens with zero attached hydrogens (tertiary/aromatic N) is 3. The third-order valence-corrected chi connectivity index (χ3v) is 5.62. The van der Waals surface area contributed by atoms with E-state index in [1.54, 1.807) is 11.3 Å². The summed E-state index contributed by atoms with van der Waals surface area (Å²) in [4.78, 5) is 12.9. The smallest absolute Gasteiger partial charge is 0.141 e. The predicted molar refractivity (Wildman–Crippen MR) is 81.6 cm³/mol. The molecule has 2 aromatic rings. The molecule has 5 heteroatoms. The van der Waals surface area contributed by atoms with E-state index in [1.165, 1.54) is 23.8 Å². The van der Waals surface area contributed by atoms with E-state index in [4.69, 9.17) is 9.72 Å². The lowest BCUT2D eigenvalue weighted by atomic mass is 9.87. The standard InChI is InChI=1S/C15H19N3OS/c1-10-7-20-14-12(10)13(16-11(2)17-14)18-5-3-15(8-18)4-6-19-9-15/h7H,3-6,8-9H2,1-2H3. The van der Waals surface area contributed by atoms with Gasteiger partial charge in [0.15, 0.2) is 0 Å². The minimum Gasteiger partial charge on any atom is -0.381 e. The second kappa shape index (κ2) is 4.40. The lowest BCUT2D eigenvalue weighted by molar-refractivity contribution is 0.160. The van der Waals surface area contributed by atoms with Crippen molar-refractivity contribution in [2.24, 2.45) is 5.41 Å². The van der Waals surface area contributed by atoms with Crippen LogP contribution in [0.2, 0.25) is 0 Å². The number of fused-ring (bicyclic) bond motifs is 1. The van der Waals surface area contributed by atoms with Crippen molar-refractivity contribution in [2.45, 2.75) is 26.7 Å². The van der Waals surface area contributed by atoms with Crippen LogP contribution in [0.25, 0.3) is 10.2 Å². The molecule has 1 spiro atoms. The van der Waals surface area contributed by atoms with Crippen molar-refractivity contribution in [1.82, 2.24) is 9.97 Å². The topological polar surface area (TPSA) is 38.2 Å². The second-order valence-corrected chi connectivity index (χ2v) is 7.03. The Morgan fingerprint density at radius 1 is 1.30 bits per heavy atom. The summed E-state index contributed by atoms with van der Waals surface area (Å²) in [6.07, 6.45) is 2.42. The van der Waals surface area contributed by atoms with Crippen LogP contribution in [-0.4, -0.2) is 36.3 Å². The van der Waals surface area contributed by atoms with Gasteiger partial charge in [-0.3, -0.25) is 0 Å². The first kappa shape index (κ1) is 12.5. The number of thiophene rings is 1. The maximum atomic E-state index is 5.63. The molecule has 2 aliphatic heterocycles. The Labute approximate surface area is 122 Å². The van der Waals surface area contributed by atoms with Gasteiger partial charge in [-0.1, -0.05) is 0 Å². The highest BCUT2D eigenvalue weighted by Crippen LogP contribution is 2.42. The molecule has 4 heterocycles. The summed E-state index contributed by atoms with van der Waals surface area (Å²) in [6.45, 7) is 8.15. The van der Waals surface area contributed by atoms with Gasteiger partial charge in [-0.05, 0) is 37.6 Å². The number of aryl methyl sites for hydroxylation is 2. The largest absolute Gasteiger partial charge is 0.381 e. The van der Waals surface area contributed by atoms with Crippen molar-refractivity contribution < 1.29 is 4.74 Å². The zero-order valence-electron chi connectivity index (χ0n) is 12.0. The van der Waals surface area contributed by atoms with Crippen molar-refractivity contribution in [3.63, 3.8) is 0 Å². The molecule has 0 bridgehead atoms. The summed E-state index contributed by atoms with van der Waals surface area (Å²) < 4.78 is 5.63. The summed E-state index contributed by atoms with van der Waals surface area (Å²) in [6, 6.07) is 0. The maximum Gasteiger partial charge on any atom is 0.141 e. The van der Waals surface area contributed by atoms with Crippen LogP contribution in [0.1, 0.15) is 24.2 Å². The number of hydrogen-bond acceptors (Lipinski definition) is 5. The van der Waals surface area contributed by atoms with Crippen LogP contribution in [0, 0.1) is 19.3 Å². The van der Waals surface area contributed by atoms with Gasteiger partial charge in [-0.25, -0.2) is 9.97 Å². The van der Waals surface area contributed by atoms with Crippen LogP contribution in [0.4, 0.5) is 5.82 Å². The first-order chi connectivity index (χ1) is 9.67. The van der Waals surface area contributed by atoms with Gasteiger partial charge in [0.05, 0.1) is 12.0 Å². The van der Waals surface area contributed by atoms with Crippen molar-refractivity contribution in [3.8, 4) is 0 Å². The zero-order valence-corrected chi connectivity index (χ0v) is 12.8. The highest BCUT2D eigenvalue weighted by atomic mass is 32.1. The van der Waals surface area contributed by atoms with Crippen molar-refractivity contribution in [2.75, 3.05) is 31.2 Å². The first-order valence-electron chi connectivity index (χ1n) is 7.22. The Morgan fingerprint density at radius 2 is 2.20 bits per heavy atom. The van der Waals surface area contributed by atoms with Gasteiger partial charge in [0.2, 0.25) is 0 Å². The van der Waals surface area contributed by atoms with Crippen LogP contribution in [-0.2, 0) is 4.74 Å². The molecular formula is C15H19N3OS. The molecule has 0 amide bonds. The fourth-order valence-electron chi connectivity index (χ4n) is 3.48. The molecular weight excluding hydrogens is 270 g/mol. The van der Waals surface area contributed by atoms with E-state index >= 15 is 0 Å². The zero-order chi connectivity index (χ0) is 13.7. The molecule has 0 aliphatic carbocycles. The number of hydrogen-bond donors (Lipinski definition) is 0. The molecule has 0 N–H and O–H groups in total. The number of anilines is 1.